The molecule has 7 nitrogen and oxygen atoms in total. The molecule has 2 amide bonds. The largest absolute Gasteiger partial charge is 0.393 e. The molecule has 5 saturated carbocycles. The van der Waals surface area contributed by atoms with E-state index < -0.39 is 0 Å². The molecule has 7 rings (SSSR count). The number of fused-ring (bicyclic) bond motifs is 7. The summed E-state index contributed by atoms with van der Waals surface area (Å²) in [4.78, 5) is 31.9. The van der Waals surface area contributed by atoms with Gasteiger partial charge in [0.15, 0.2) is 0 Å². The summed E-state index contributed by atoms with van der Waals surface area (Å²) in [5.74, 6) is 2.40. The molecule has 1 aromatic carbocycles. The van der Waals surface area contributed by atoms with E-state index in [4.69, 9.17) is 5.26 Å². The summed E-state index contributed by atoms with van der Waals surface area (Å²) in [6.45, 7) is 20.0. The molecular weight excluding hydrogens is 657 g/mol. The van der Waals surface area contributed by atoms with Crippen molar-refractivity contribution >= 4 is 11.8 Å². The number of pyridine rings is 1. The molecule has 3 N–H and O–H groups in total. The lowest BCUT2D eigenvalue weighted by molar-refractivity contribution is -0.246. The van der Waals surface area contributed by atoms with Crippen LogP contribution in [0.15, 0.2) is 54.7 Å². The first-order chi connectivity index (χ1) is 25.1. The molecule has 284 valence electrons. The van der Waals surface area contributed by atoms with Crippen molar-refractivity contribution < 1.29 is 14.7 Å². The van der Waals surface area contributed by atoms with Crippen molar-refractivity contribution in [3.63, 3.8) is 0 Å². The molecule has 1 heterocycles. The van der Waals surface area contributed by atoms with Crippen molar-refractivity contribution in [2.45, 2.75) is 125 Å². The van der Waals surface area contributed by atoms with Crippen molar-refractivity contribution in [2.24, 2.45) is 56.7 Å². The van der Waals surface area contributed by atoms with Crippen molar-refractivity contribution in [2.75, 3.05) is 6.54 Å². The van der Waals surface area contributed by atoms with E-state index in [-0.39, 0.29) is 51.5 Å². The maximum Gasteiger partial charge on any atom is 0.251 e. The fourth-order valence-corrected chi connectivity index (χ4v) is 13.8. The first-order valence-electron chi connectivity index (χ1n) is 20.4. The van der Waals surface area contributed by atoms with Gasteiger partial charge in [-0.25, -0.2) is 0 Å². The summed E-state index contributed by atoms with van der Waals surface area (Å²) in [5, 5.41) is 26.5. The lowest BCUT2D eigenvalue weighted by atomic mass is 9.32. The van der Waals surface area contributed by atoms with Crippen LogP contribution < -0.4 is 10.6 Å². The molecule has 7 heteroatoms. The molecule has 0 saturated heterocycles. The molecule has 0 spiro atoms. The second kappa shape index (κ2) is 13.7. The zero-order valence-electron chi connectivity index (χ0n) is 33.1. The summed E-state index contributed by atoms with van der Waals surface area (Å²) < 4.78 is 0. The number of allylic oxidation sites excluding steroid dienone is 1. The molecule has 5 fully saturated rings. The average Bonchev–Trinajstić information content (AvgIpc) is 3.54. The van der Waals surface area contributed by atoms with Crippen LogP contribution in [-0.2, 0) is 17.8 Å². The third-order valence-corrected chi connectivity index (χ3v) is 16.8. The van der Waals surface area contributed by atoms with E-state index in [2.05, 4.69) is 69.8 Å². The Bertz CT molecular complexity index is 1800. The monoisotopic (exact) mass is 718 g/mol. The van der Waals surface area contributed by atoms with E-state index in [0.717, 1.165) is 44.1 Å². The van der Waals surface area contributed by atoms with Crippen LogP contribution in [0, 0.1) is 68.0 Å². The fraction of sp³-hybridized carbons (Fsp3) is 0.652. The minimum atomic E-state index is -0.365. The fourth-order valence-electron chi connectivity index (χ4n) is 13.8. The van der Waals surface area contributed by atoms with Gasteiger partial charge in [-0.2, -0.15) is 5.26 Å². The van der Waals surface area contributed by atoms with Crippen molar-refractivity contribution in [3.05, 3.63) is 77.1 Å². The highest BCUT2D eigenvalue weighted by Crippen LogP contribution is 2.77. The third kappa shape index (κ3) is 5.97. The number of aliphatic hydroxyl groups is 1. The Labute approximate surface area is 317 Å². The van der Waals surface area contributed by atoms with Gasteiger partial charge in [-0.1, -0.05) is 58.9 Å². The molecule has 10 unspecified atom stereocenters. The minimum absolute atomic E-state index is 0.0546. The number of hydrogen-bond acceptors (Lipinski definition) is 5. The van der Waals surface area contributed by atoms with E-state index in [1.54, 1.807) is 12.1 Å². The Morgan fingerprint density at radius 1 is 0.925 bits per heavy atom. The van der Waals surface area contributed by atoms with Crippen molar-refractivity contribution in [3.8, 4) is 6.07 Å². The van der Waals surface area contributed by atoms with Crippen LogP contribution in [0.25, 0.3) is 0 Å². The summed E-state index contributed by atoms with van der Waals surface area (Å²) in [6, 6.07) is 13.1. The molecule has 10 atom stereocenters. The van der Waals surface area contributed by atoms with E-state index in [1.807, 2.05) is 24.3 Å². The van der Waals surface area contributed by atoms with Gasteiger partial charge in [-0.3, -0.25) is 14.6 Å². The van der Waals surface area contributed by atoms with Gasteiger partial charge in [0.25, 0.3) is 5.91 Å². The van der Waals surface area contributed by atoms with Gasteiger partial charge in [-0.15, -0.1) is 0 Å². The topological polar surface area (TPSA) is 115 Å². The van der Waals surface area contributed by atoms with Gasteiger partial charge in [-0.05, 0) is 159 Å². The highest BCUT2D eigenvalue weighted by Gasteiger charge is 2.71. The van der Waals surface area contributed by atoms with Crippen molar-refractivity contribution in [1.29, 1.82) is 5.26 Å². The molecular formula is C46H62N4O3. The van der Waals surface area contributed by atoms with Gasteiger partial charge in [0.1, 0.15) is 6.07 Å². The maximum atomic E-state index is 14.6. The number of carbonyl (C=O) groups excluding carboxylic acids is 2. The van der Waals surface area contributed by atoms with E-state index in [0.29, 0.717) is 59.4 Å². The highest BCUT2D eigenvalue weighted by molar-refractivity contribution is 5.94. The second-order valence-corrected chi connectivity index (χ2v) is 19.3. The van der Waals surface area contributed by atoms with Crippen LogP contribution in [0.5, 0.6) is 0 Å². The van der Waals surface area contributed by atoms with E-state index >= 15 is 0 Å². The lowest BCUT2D eigenvalue weighted by Crippen LogP contribution is -2.67. The number of carbonyl (C=O) groups is 2. The Hall–Kier alpha value is -3.50. The van der Waals surface area contributed by atoms with E-state index in [9.17, 15) is 14.7 Å². The predicted octanol–water partition coefficient (Wildman–Crippen LogP) is 8.56. The predicted molar refractivity (Wildman–Crippen MR) is 208 cm³/mol. The average molecular weight is 719 g/mol. The molecule has 1 aromatic heterocycles. The van der Waals surface area contributed by atoms with Gasteiger partial charge in [0.2, 0.25) is 5.91 Å². The number of nitriles is 1. The number of hydrogen-bond donors (Lipinski definition) is 3. The van der Waals surface area contributed by atoms with Crippen molar-refractivity contribution in [1.82, 2.24) is 15.6 Å². The molecule has 2 aromatic rings. The number of amides is 2. The molecule has 53 heavy (non-hydrogen) atoms. The second-order valence-electron chi connectivity index (χ2n) is 19.3. The molecule has 5 aliphatic rings. The van der Waals surface area contributed by atoms with Crippen LogP contribution >= 0.6 is 0 Å². The Morgan fingerprint density at radius 3 is 2.43 bits per heavy atom. The van der Waals surface area contributed by atoms with Crippen LogP contribution in [0.1, 0.15) is 133 Å². The normalized spacial score (nSPS) is 38.2. The number of nitrogens with one attached hydrogen (secondary N) is 2. The third-order valence-electron chi connectivity index (χ3n) is 16.8. The molecule has 0 aliphatic heterocycles. The number of aromatic nitrogens is 1. The zero-order chi connectivity index (χ0) is 38.0. The summed E-state index contributed by atoms with van der Waals surface area (Å²) in [5.41, 5.74) is 4.19. The Kier molecular flexibility index (Phi) is 9.74. The first-order valence-corrected chi connectivity index (χ1v) is 20.4. The summed E-state index contributed by atoms with van der Waals surface area (Å²) in [6.07, 6.45) is 12.8. The number of nitrogens with zero attached hydrogens (tertiary/aromatic N) is 2. The Balaban J connectivity index is 1.05. The van der Waals surface area contributed by atoms with Gasteiger partial charge < -0.3 is 15.7 Å². The smallest absolute Gasteiger partial charge is 0.251 e. The van der Waals surface area contributed by atoms with Crippen LogP contribution in [-0.4, -0.2) is 34.6 Å². The molecule has 5 aliphatic carbocycles. The van der Waals surface area contributed by atoms with Gasteiger partial charge in [0.05, 0.1) is 29.3 Å². The standard InChI is InChI=1S/C46H62N4O3/c1-29(2)34-15-21-46(41(53)48-24-18-30-9-8-10-32(25-30)40(52)50-28-33-12-11-31(26-47)27-49-33)23-22-44(6)35(39(34)46)13-14-37-43(5)19-17-38(51)42(3,4)36(43)16-20-45(37,44)7/h8-12,25,27,34-39,51H,1,13-24,28H2,2-7H3,(H,48,53)(H,50,52). The highest BCUT2D eigenvalue weighted by atomic mass is 16.3. The Morgan fingerprint density at radius 2 is 1.72 bits per heavy atom. The number of aliphatic hydroxyl groups excluding tert-OH is 1. The SMILES string of the molecule is C=C(C)C1CCC2(C(=O)NCCc3cccc(C(=O)NCc4ccc(C#N)cn4)c3)CCC3(C)C(CCC4C5(C)CCC(O)C(C)(C)C5CCC43C)C12. The maximum absolute atomic E-state index is 14.6. The van der Waals surface area contributed by atoms with Crippen LogP contribution in [0.3, 0.4) is 0 Å². The molecule has 0 radical (unpaired) electrons. The summed E-state index contributed by atoms with van der Waals surface area (Å²) in [7, 11) is 0. The zero-order valence-corrected chi connectivity index (χ0v) is 33.1. The van der Waals surface area contributed by atoms with Crippen LogP contribution in [0.4, 0.5) is 0 Å². The van der Waals surface area contributed by atoms with E-state index in [1.165, 1.54) is 37.5 Å². The lowest BCUT2D eigenvalue weighted by Gasteiger charge is -2.72. The first kappa shape index (κ1) is 37.8. The number of benzene rings is 1. The van der Waals surface area contributed by atoms with Gasteiger partial charge in [0, 0.05) is 18.3 Å². The minimum Gasteiger partial charge on any atom is -0.393 e. The number of rotatable bonds is 8. The quantitative estimate of drug-likeness (QED) is 0.237. The summed E-state index contributed by atoms with van der Waals surface area (Å²) >= 11 is 0. The van der Waals surface area contributed by atoms with Crippen LogP contribution in [0.2, 0.25) is 0 Å². The molecule has 0 bridgehead atoms. The van der Waals surface area contributed by atoms with Gasteiger partial charge >= 0.3 is 0 Å².